The molecule has 122 valence electrons. The molecule has 1 aromatic rings. The number of nitrogens with zero attached hydrogens (tertiary/aromatic N) is 1. The van der Waals surface area contributed by atoms with Gasteiger partial charge >= 0.3 is 5.97 Å². The van der Waals surface area contributed by atoms with Crippen LogP contribution < -0.4 is 10.2 Å². The summed E-state index contributed by atoms with van der Waals surface area (Å²) in [5, 5.41) is 11.6. The van der Waals surface area contributed by atoms with Gasteiger partial charge in [-0.1, -0.05) is 6.07 Å². The fourth-order valence-corrected chi connectivity index (χ4v) is 2.80. The van der Waals surface area contributed by atoms with Crippen LogP contribution in [0.25, 0.3) is 0 Å². The molecule has 2 N–H and O–H groups in total. The van der Waals surface area contributed by atoms with Gasteiger partial charge in [0.25, 0.3) is 0 Å². The second-order valence-corrected chi connectivity index (χ2v) is 6.24. The Morgan fingerprint density at radius 3 is 2.65 bits per heavy atom. The summed E-state index contributed by atoms with van der Waals surface area (Å²) in [5.41, 5.74) is -0.289. The molecule has 2 fully saturated rings. The highest BCUT2D eigenvalue weighted by Crippen LogP contribution is 2.36. The first kappa shape index (κ1) is 15.5. The quantitative estimate of drug-likeness (QED) is 0.873. The van der Waals surface area contributed by atoms with Crippen LogP contribution >= 0.6 is 0 Å². The van der Waals surface area contributed by atoms with Gasteiger partial charge in [0.1, 0.15) is 11.4 Å². The van der Waals surface area contributed by atoms with Gasteiger partial charge in [0.05, 0.1) is 11.6 Å². The fourth-order valence-electron chi connectivity index (χ4n) is 2.80. The van der Waals surface area contributed by atoms with Crippen molar-refractivity contribution in [2.45, 2.75) is 31.7 Å². The van der Waals surface area contributed by atoms with E-state index in [0.717, 1.165) is 5.56 Å². The normalized spacial score (nSPS) is 22.1. The van der Waals surface area contributed by atoms with Gasteiger partial charge in [-0.3, -0.25) is 9.59 Å². The van der Waals surface area contributed by atoms with E-state index in [2.05, 4.69) is 5.32 Å². The lowest BCUT2D eigenvalue weighted by Gasteiger charge is -2.19. The largest absolute Gasteiger partial charge is 0.480 e. The molecule has 2 amide bonds. The summed E-state index contributed by atoms with van der Waals surface area (Å²) in [6.45, 7) is 1.80. The average molecular weight is 320 g/mol. The molecule has 1 saturated carbocycles. The van der Waals surface area contributed by atoms with Gasteiger partial charge in [0, 0.05) is 13.0 Å². The van der Waals surface area contributed by atoms with Crippen molar-refractivity contribution in [3.8, 4) is 0 Å². The Hall–Kier alpha value is -2.44. The summed E-state index contributed by atoms with van der Waals surface area (Å²) >= 11 is 0. The Bertz CT molecular complexity index is 699. The summed E-state index contributed by atoms with van der Waals surface area (Å²) in [5.74, 6) is -3.04. The van der Waals surface area contributed by atoms with Crippen molar-refractivity contribution in [1.82, 2.24) is 5.32 Å². The van der Waals surface area contributed by atoms with Crippen LogP contribution in [0.2, 0.25) is 0 Å². The van der Waals surface area contributed by atoms with Crippen LogP contribution in [-0.2, 0) is 14.4 Å². The standard InChI is InChI=1S/C16H17FN2O4/c1-9-2-3-12(11(17)6-9)19-8-10(7-13(19)20)14(21)18-16(4-5-16)15(22)23/h2-3,6,10H,4-5,7-8H2,1H3,(H,18,21)(H,22,23)/t10-/m0/s1. The molecule has 1 aliphatic carbocycles. The van der Waals surface area contributed by atoms with E-state index in [0.29, 0.717) is 12.8 Å². The zero-order chi connectivity index (χ0) is 16.8. The zero-order valence-electron chi connectivity index (χ0n) is 12.6. The molecule has 7 heteroatoms. The molecule has 1 aliphatic heterocycles. The van der Waals surface area contributed by atoms with Gasteiger partial charge in [-0.15, -0.1) is 0 Å². The number of nitrogens with one attached hydrogen (secondary N) is 1. The number of carbonyl (C=O) groups excluding carboxylic acids is 2. The number of anilines is 1. The molecule has 6 nitrogen and oxygen atoms in total. The van der Waals surface area contributed by atoms with Gasteiger partial charge in [-0.25, -0.2) is 9.18 Å². The monoisotopic (exact) mass is 320 g/mol. The number of amides is 2. The maximum atomic E-state index is 14.0. The molecule has 23 heavy (non-hydrogen) atoms. The van der Waals surface area contributed by atoms with Crippen molar-refractivity contribution >= 4 is 23.5 Å². The minimum Gasteiger partial charge on any atom is -0.480 e. The summed E-state index contributed by atoms with van der Waals surface area (Å²) in [7, 11) is 0. The predicted molar refractivity (Wildman–Crippen MR) is 79.3 cm³/mol. The zero-order valence-corrected chi connectivity index (χ0v) is 12.6. The van der Waals surface area contributed by atoms with Crippen LogP contribution in [0.1, 0.15) is 24.8 Å². The van der Waals surface area contributed by atoms with Gasteiger partial charge in [0.2, 0.25) is 11.8 Å². The lowest BCUT2D eigenvalue weighted by Crippen LogP contribution is -2.46. The maximum absolute atomic E-state index is 14.0. The van der Waals surface area contributed by atoms with Gasteiger partial charge < -0.3 is 15.3 Å². The van der Waals surface area contributed by atoms with Crippen molar-refractivity contribution < 1.29 is 23.9 Å². The summed E-state index contributed by atoms with van der Waals surface area (Å²) < 4.78 is 14.0. The summed E-state index contributed by atoms with van der Waals surface area (Å²) in [6, 6.07) is 4.55. The molecule has 0 radical (unpaired) electrons. The first-order valence-corrected chi connectivity index (χ1v) is 7.44. The van der Waals surface area contributed by atoms with Crippen LogP contribution in [0.15, 0.2) is 18.2 Å². The highest BCUT2D eigenvalue weighted by molar-refractivity contribution is 6.01. The number of aryl methyl sites for hydroxylation is 1. The van der Waals surface area contributed by atoms with Gasteiger partial charge in [0.15, 0.2) is 0 Å². The van der Waals surface area contributed by atoms with E-state index in [1.807, 2.05) is 0 Å². The molecule has 3 rings (SSSR count). The number of hydrogen-bond donors (Lipinski definition) is 2. The number of hydrogen-bond acceptors (Lipinski definition) is 3. The van der Waals surface area contributed by atoms with Crippen molar-refractivity contribution in [3.63, 3.8) is 0 Å². The highest BCUT2D eigenvalue weighted by atomic mass is 19.1. The molecule has 1 heterocycles. The second-order valence-electron chi connectivity index (χ2n) is 6.24. The van der Waals surface area contributed by atoms with E-state index in [1.165, 1.54) is 17.0 Å². The van der Waals surface area contributed by atoms with E-state index in [4.69, 9.17) is 5.11 Å². The molecule has 1 atom stereocenters. The molecule has 1 aromatic carbocycles. The van der Waals surface area contributed by atoms with Gasteiger partial charge in [-0.2, -0.15) is 0 Å². The highest BCUT2D eigenvalue weighted by Gasteiger charge is 2.53. The van der Waals surface area contributed by atoms with E-state index in [9.17, 15) is 18.8 Å². The fraction of sp³-hybridized carbons (Fsp3) is 0.438. The van der Waals surface area contributed by atoms with Crippen molar-refractivity contribution in [2.24, 2.45) is 5.92 Å². The minimum absolute atomic E-state index is 0.0468. The molecular weight excluding hydrogens is 303 g/mol. The molecule has 0 unspecified atom stereocenters. The number of carboxylic acid groups (broad SMARTS) is 1. The number of aliphatic carboxylic acids is 1. The van der Waals surface area contributed by atoms with Crippen LogP contribution in [0.5, 0.6) is 0 Å². The van der Waals surface area contributed by atoms with Crippen LogP contribution in [0, 0.1) is 18.7 Å². The van der Waals surface area contributed by atoms with E-state index in [-0.39, 0.29) is 24.6 Å². The van der Waals surface area contributed by atoms with E-state index in [1.54, 1.807) is 13.0 Å². The Labute approximate surface area is 132 Å². The molecule has 1 saturated heterocycles. The lowest BCUT2D eigenvalue weighted by molar-refractivity contribution is -0.143. The summed E-state index contributed by atoms with van der Waals surface area (Å²) in [6.07, 6.45) is 0.741. The minimum atomic E-state index is -1.18. The third-order valence-electron chi connectivity index (χ3n) is 4.41. The second kappa shape index (κ2) is 5.33. The maximum Gasteiger partial charge on any atom is 0.329 e. The summed E-state index contributed by atoms with van der Waals surface area (Å²) in [4.78, 5) is 36.7. The molecule has 0 aromatic heterocycles. The van der Waals surface area contributed by atoms with Crippen LogP contribution in [0.4, 0.5) is 10.1 Å². The van der Waals surface area contributed by atoms with Gasteiger partial charge in [-0.05, 0) is 37.5 Å². The average Bonchev–Trinajstić information content (AvgIpc) is 3.15. The SMILES string of the molecule is Cc1ccc(N2C[C@@H](C(=O)NC3(C(=O)O)CC3)CC2=O)c(F)c1. The Morgan fingerprint density at radius 1 is 1.39 bits per heavy atom. The number of benzene rings is 1. The van der Waals surface area contributed by atoms with Crippen LogP contribution in [-0.4, -0.2) is 35.0 Å². The number of halogens is 1. The van der Waals surface area contributed by atoms with Crippen molar-refractivity contribution in [3.05, 3.63) is 29.6 Å². The van der Waals surface area contributed by atoms with Crippen molar-refractivity contribution in [1.29, 1.82) is 0 Å². The van der Waals surface area contributed by atoms with E-state index < -0.39 is 29.2 Å². The first-order chi connectivity index (χ1) is 10.8. The predicted octanol–water partition coefficient (Wildman–Crippen LogP) is 1.22. The smallest absolute Gasteiger partial charge is 0.329 e. The number of carbonyl (C=O) groups is 3. The topological polar surface area (TPSA) is 86.7 Å². The van der Waals surface area contributed by atoms with Crippen molar-refractivity contribution in [2.75, 3.05) is 11.4 Å². The Kier molecular flexibility index (Phi) is 3.58. The molecular formula is C16H17FN2O4. The van der Waals surface area contributed by atoms with Crippen LogP contribution in [0.3, 0.4) is 0 Å². The number of rotatable bonds is 4. The third-order valence-corrected chi connectivity index (χ3v) is 4.41. The third kappa shape index (κ3) is 2.78. The Balaban J connectivity index is 1.72. The van der Waals surface area contributed by atoms with E-state index >= 15 is 0 Å². The first-order valence-electron chi connectivity index (χ1n) is 7.44. The Morgan fingerprint density at radius 2 is 2.09 bits per heavy atom. The molecule has 0 bridgehead atoms. The molecule has 0 spiro atoms. The molecule has 2 aliphatic rings. The lowest BCUT2D eigenvalue weighted by atomic mass is 10.1. The number of carboxylic acids is 1.